The number of furan rings is 1. The summed E-state index contributed by atoms with van der Waals surface area (Å²) in [5.74, 6) is -0.208. The summed E-state index contributed by atoms with van der Waals surface area (Å²) in [6.07, 6.45) is 0. The molecule has 0 aliphatic rings. The standard InChI is InChI=1S/C20H20O5S2/c21-26(22,13-17-7-3-1-4-8-17)15-19-11-12-20(25-19)16-27(23,24)14-18-9-5-2-6-10-18/h1-12H,13-16H2. The van der Waals surface area contributed by atoms with E-state index in [2.05, 4.69) is 0 Å². The molecule has 3 rings (SSSR count). The van der Waals surface area contributed by atoms with Crippen LogP contribution in [-0.2, 0) is 42.7 Å². The van der Waals surface area contributed by atoms with E-state index in [0.29, 0.717) is 11.1 Å². The molecule has 7 heteroatoms. The summed E-state index contributed by atoms with van der Waals surface area (Å²) in [6.45, 7) is 0. The first-order chi connectivity index (χ1) is 12.8. The van der Waals surface area contributed by atoms with Gasteiger partial charge in [0.05, 0.1) is 11.5 Å². The molecule has 5 nitrogen and oxygen atoms in total. The van der Waals surface area contributed by atoms with Gasteiger partial charge in [-0.15, -0.1) is 0 Å². The van der Waals surface area contributed by atoms with Crippen molar-refractivity contribution in [1.82, 2.24) is 0 Å². The molecule has 0 fully saturated rings. The van der Waals surface area contributed by atoms with E-state index in [1.807, 2.05) is 12.1 Å². The van der Waals surface area contributed by atoms with E-state index in [4.69, 9.17) is 4.42 Å². The molecule has 3 aromatic rings. The van der Waals surface area contributed by atoms with Gasteiger partial charge in [0.2, 0.25) is 0 Å². The summed E-state index contributed by atoms with van der Waals surface area (Å²) in [5.41, 5.74) is 1.41. The summed E-state index contributed by atoms with van der Waals surface area (Å²) < 4.78 is 54.8. The maximum absolute atomic E-state index is 12.3. The summed E-state index contributed by atoms with van der Waals surface area (Å²) in [5, 5.41) is 0. The van der Waals surface area contributed by atoms with Crippen molar-refractivity contribution in [3.63, 3.8) is 0 Å². The summed E-state index contributed by atoms with van der Waals surface area (Å²) in [7, 11) is -6.82. The van der Waals surface area contributed by atoms with Gasteiger partial charge in [0.25, 0.3) is 0 Å². The fourth-order valence-electron chi connectivity index (χ4n) is 2.77. The van der Waals surface area contributed by atoms with Gasteiger partial charge in [-0.1, -0.05) is 60.7 Å². The molecule has 2 aromatic carbocycles. The van der Waals surface area contributed by atoms with Crippen molar-refractivity contribution in [1.29, 1.82) is 0 Å². The third-order valence-electron chi connectivity index (χ3n) is 3.90. The van der Waals surface area contributed by atoms with Crippen molar-refractivity contribution >= 4 is 19.7 Å². The van der Waals surface area contributed by atoms with Crippen LogP contribution < -0.4 is 0 Å². The van der Waals surface area contributed by atoms with Crippen LogP contribution >= 0.6 is 0 Å². The largest absolute Gasteiger partial charge is 0.464 e. The molecule has 0 atom stereocenters. The van der Waals surface area contributed by atoms with Gasteiger partial charge < -0.3 is 4.42 Å². The highest BCUT2D eigenvalue weighted by Crippen LogP contribution is 2.18. The smallest absolute Gasteiger partial charge is 0.161 e. The Labute approximate surface area is 159 Å². The van der Waals surface area contributed by atoms with Crippen LogP contribution in [0, 0.1) is 0 Å². The first kappa shape index (κ1) is 19.4. The van der Waals surface area contributed by atoms with Crippen molar-refractivity contribution in [2.24, 2.45) is 0 Å². The van der Waals surface area contributed by atoms with Gasteiger partial charge in [-0.05, 0) is 23.3 Å². The van der Waals surface area contributed by atoms with Crippen LogP contribution in [0.15, 0.2) is 77.2 Å². The van der Waals surface area contributed by atoms with Crippen LogP contribution in [0.3, 0.4) is 0 Å². The average Bonchev–Trinajstić information content (AvgIpc) is 3.01. The second-order valence-corrected chi connectivity index (χ2v) is 10.5. The molecular formula is C20H20O5S2. The Morgan fingerprint density at radius 2 is 0.889 bits per heavy atom. The number of hydrogen-bond donors (Lipinski definition) is 0. The quantitative estimate of drug-likeness (QED) is 0.574. The van der Waals surface area contributed by atoms with Crippen molar-refractivity contribution in [2.45, 2.75) is 23.0 Å². The van der Waals surface area contributed by atoms with Crippen LogP contribution in [0.5, 0.6) is 0 Å². The van der Waals surface area contributed by atoms with E-state index in [0.717, 1.165) is 0 Å². The second-order valence-electron chi connectivity index (χ2n) is 6.40. The van der Waals surface area contributed by atoms with Gasteiger partial charge in [-0.25, -0.2) is 16.8 Å². The number of hydrogen-bond acceptors (Lipinski definition) is 5. The normalized spacial score (nSPS) is 12.1. The Balaban J connectivity index is 1.64. The van der Waals surface area contributed by atoms with E-state index in [-0.39, 0.29) is 34.5 Å². The average molecular weight is 405 g/mol. The lowest BCUT2D eigenvalue weighted by molar-refractivity contribution is 0.486. The molecule has 0 saturated carbocycles. The Morgan fingerprint density at radius 3 is 1.26 bits per heavy atom. The Bertz CT molecular complexity index is 996. The zero-order valence-electron chi connectivity index (χ0n) is 14.6. The zero-order valence-corrected chi connectivity index (χ0v) is 16.2. The molecule has 0 amide bonds. The SMILES string of the molecule is O=S(=O)(Cc1ccccc1)Cc1ccc(CS(=O)(=O)Cc2ccccc2)o1. The minimum absolute atomic E-state index is 0.0871. The number of benzene rings is 2. The highest BCUT2D eigenvalue weighted by Gasteiger charge is 2.19. The minimum atomic E-state index is -3.41. The molecule has 1 heterocycles. The Kier molecular flexibility index (Phi) is 5.82. The molecule has 1 aromatic heterocycles. The maximum Gasteiger partial charge on any atom is 0.161 e. The molecular weight excluding hydrogens is 384 g/mol. The summed E-state index contributed by atoms with van der Waals surface area (Å²) in [6, 6.07) is 20.8. The fraction of sp³-hybridized carbons (Fsp3) is 0.200. The zero-order chi connectivity index (χ0) is 19.3. The van der Waals surface area contributed by atoms with E-state index in [1.165, 1.54) is 12.1 Å². The molecule has 27 heavy (non-hydrogen) atoms. The fourth-order valence-corrected chi connectivity index (χ4v) is 5.55. The van der Waals surface area contributed by atoms with Gasteiger partial charge in [0.1, 0.15) is 23.0 Å². The van der Waals surface area contributed by atoms with Gasteiger partial charge >= 0.3 is 0 Å². The highest BCUT2D eigenvalue weighted by atomic mass is 32.2. The lowest BCUT2D eigenvalue weighted by Gasteiger charge is -2.04. The molecule has 0 N–H and O–H groups in total. The molecule has 0 bridgehead atoms. The predicted molar refractivity (Wildman–Crippen MR) is 104 cm³/mol. The maximum atomic E-state index is 12.3. The Morgan fingerprint density at radius 1 is 0.519 bits per heavy atom. The van der Waals surface area contributed by atoms with Crippen LogP contribution in [0.2, 0.25) is 0 Å². The lowest BCUT2D eigenvalue weighted by atomic mass is 10.2. The molecule has 0 aliphatic carbocycles. The minimum Gasteiger partial charge on any atom is -0.464 e. The van der Waals surface area contributed by atoms with Crippen LogP contribution in [0.25, 0.3) is 0 Å². The van der Waals surface area contributed by atoms with Gasteiger partial charge in [0.15, 0.2) is 19.7 Å². The summed E-state index contributed by atoms with van der Waals surface area (Å²) >= 11 is 0. The molecule has 142 valence electrons. The third kappa shape index (κ3) is 6.08. The molecule has 0 aliphatic heterocycles. The van der Waals surface area contributed by atoms with E-state index in [9.17, 15) is 16.8 Å². The van der Waals surface area contributed by atoms with E-state index in [1.54, 1.807) is 48.5 Å². The molecule has 0 radical (unpaired) electrons. The number of rotatable bonds is 8. The van der Waals surface area contributed by atoms with E-state index < -0.39 is 19.7 Å². The number of sulfone groups is 2. The molecule has 0 spiro atoms. The molecule has 0 unspecified atom stereocenters. The van der Waals surface area contributed by atoms with Crippen LogP contribution in [-0.4, -0.2) is 16.8 Å². The van der Waals surface area contributed by atoms with E-state index >= 15 is 0 Å². The third-order valence-corrected chi connectivity index (χ3v) is 6.90. The predicted octanol–water partition coefficient (Wildman–Crippen LogP) is 3.51. The van der Waals surface area contributed by atoms with Gasteiger partial charge in [-0.2, -0.15) is 0 Å². The first-order valence-electron chi connectivity index (χ1n) is 8.38. The monoisotopic (exact) mass is 404 g/mol. The van der Waals surface area contributed by atoms with Crippen LogP contribution in [0.4, 0.5) is 0 Å². The Hall–Kier alpha value is -2.38. The van der Waals surface area contributed by atoms with Gasteiger partial charge in [-0.3, -0.25) is 0 Å². The first-order valence-corrected chi connectivity index (χ1v) is 12.0. The highest BCUT2D eigenvalue weighted by molar-refractivity contribution is 7.90. The molecule has 0 saturated heterocycles. The van der Waals surface area contributed by atoms with Crippen molar-refractivity contribution in [3.8, 4) is 0 Å². The second kappa shape index (κ2) is 8.10. The van der Waals surface area contributed by atoms with Crippen LogP contribution in [0.1, 0.15) is 22.6 Å². The van der Waals surface area contributed by atoms with Crippen molar-refractivity contribution in [3.05, 3.63) is 95.4 Å². The van der Waals surface area contributed by atoms with Gasteiger partial charge in [0, 0.05) is 0 Å². The van der Waals surface area contributed by atoms with Crippen molar-refractivity contribution < 1.29 is 21.3 Å². The van der Waals surface area contributed by atoms with Crippen molar-refractivity contribution in [2.75, 3.05) is 0 Å². The lowest BCUT2D eigenvalue weighted by Crippen LogP contribution is -2.08. The topological polar surface area (TPSA) is 81.4 Å². The summed E-state index contributed by atoms with van der Waals surface area (Å²) in [4.78, 5) is 0.